The standard InChI is InChI=1S/C9H11ClF3NOS/c1-5-2-7(16-8(5)10)6(14)3-15-4-9(11,12)13/h2,6H,3-4,14H2,1H3. The van der Waals surface area contributed by atoms with Crippen molar-refractivity contribution in [3.63, 3.8) is 0 Å². The van der Waals surface area contributed by atoms with E-state index in [1.165, 1.54) is 11.3 Å². The first-order valence-electron chi connectivity index (χ1n) is 4.45. The molecule has 0 aliphatic heterocycles. The minimum absolute atomic E-state index is 0.171. The summed E-state index contributed by atoms with van der Waals surface area (Å²) in [6.07, 6.45) is -4.32. The van der Waals surface area contributed by atoms with Crippen LogP contribution in [0.2, 0.25) is 4.34 Å². The van der Waals surface area contributed by atoms with E-state index in [1.807, 2.05) is 6.92 Å². The molecule has 1 aromatic heterocycles. The van der Waals surface area contributed by atoms with E-state index in [2.05, 4.69) is 4.74 Å². The van der Waals surface area contributed by atoms with Gasteiger partial charge in [0.15, 0.2) is 0 Å². The minimum Gasteiger partial charge on any atom is -0.370 e. The van der Waals surface area contributed by atoms with Crippen LogP contribution >= 0.6 is 22.9 Å². The Bertz CT molecular complexity index is 334. The smallest absolute Gasteiger partial charge is 0.370 e. The topological polar surface area (TPSA) is 35.2 Å². The third kappa shape index (κ3) is 4.29. The van der Waals surface area contributed by atoms with Gasteiger partial charge >= 0.3 is 6.18 Å². The Morgan fingerprint density at radius 3 is 2.62 bits per heavy atom. The Balaban J connectivity index is 2.44. The maximum absolute atomic E-state index is 11.8. The van der Waals surface area contributed by atoms with Gasteiger partial charge in [-0.1, -0.05) is 11.6 Å². The Hall–Kier alpha value is -0.300. The van der Waals surface area contributed by atoms with Crippen LogP contribution in [0.4, 0.5) is 13.2 Å². The number of nitrogens with two attached hydrogens (primary N) is 1. The van der Waals surface area contributed by atoms with Crippen molar-refractivity contribution in [1.29, 1.82) is 0 Å². The van der Waals surface area contributed by atoms with Crippen LogP contribution in [0, 0.1) is 6.92 Å². The Kier molecular flexibility index (Phi) is 4.61. The van der Waals surface area contributed by atoms with Gasteiger partial charge in [0.25, 0.3) is 0 Å². The summed E-state index contributed by atoms with van der Waals surface area (Å²) in [6, 6.07) is 1.19. The molecule has 0 bridgehead atoms. The number of thiophene rings is 1. The molecule has 0 fully saturated rings. The molecule has 0 spiro atoms. The number of hydrogen-bond donors (Lipinski definition) is 1. The average Bonchev–Trinajstić information content (AvgIpc) is 2.45. The summed E-state index contributed by atoms with van der Waals surface area (Å²) in [5.74, 6) is 0. The van der Waals surface area contributed by atoms with E-state index in [9.17, 15) is 13.2 Å². The number of rotatable bonds is 4. The highest BCUT2D eigenvalue weighted by Gasteiger charge is 2.27. The van der Waals surface area contributed by atoms with Gasteiger partial charge in [0, 0.05) is 4.88 Å². The van der Waals surface area contributed by atoms with Crippen LogP contribution in [-0.2, 0) is 4.74 Å². The molecule has 92 valence electrons. The second-order valence-corrected chi connectivity index (χ2v) is 5.03. The van der Waals surface area contributed by atoms with Gasteiger partial charge in [-0.05, 0) is 18.6 Å². The molecule has 1 atom stereocenters. The van der Waals surface area contributed by atoms with E-state index in [4.69, 9.17) is 17.3 Å². The molecule has 16 heavy (non-hydrogen) atoms. The van der Waals surface area contributed by atoms with Crippen molar-refractivity contribution in [2.45, 2.75) is 19.1 Å². The molecule has 0 saturated carbocycles. The zero-order valence-corrected chi connectivity index (χ0v) is 10.0. The van der Waals surface area contributed by atoms with Crippen molar-refractivity contribution in [3.05, 3.63) is 20.8 Å². The Morgan fingerprint density at radius 1 is 1.56 bits per heavy atom. The van der Waals surface area contributed by atoms with Crippen LogP contribution in [0.5, 0.6) is 0 Å². The molecule has 0 saturated heterocycles. The molecule has 1 aromatic rings. The molecule has 0 amide bonds. The summed E-state index contributed by atoms with van der Waals surface area (Å²) in [5, 5.41) is 0. The predicted molar refractivity (Wildman–Crippen MR) is 57.9 cm³/mol. The summed E-state index contributed by atoms with van der Waals surface area (Å²) >= 11 is 7.08. The van der Waals surface area contributed by atoms with E-state index < -0.39 is 18.8 Å². The van der Waals surface area contributed by atoms with Crippen molar-refractivity contribution >= 4 is 22.9 Å². The third-order valence-electron chi connectivity index (χ3n) is 1.80. The van der Waals surface area contributed by atoms with E-state index in [0.717, 1.165) is 10.4 Å². The fraction of sp³-hybridized carbons (Fsp3) is 0.556. The second kappa shape index (κ2) is 5.35. The highest BCUT2D eigenvalue weighted by molar-refractivity contribution is 7.16. The predicted octanol–water partition coefficient (Wildman–Crippen LogP) is 3.29. The number of ether oxygens (including phenoxy) is 1. The summed E-state index contributed by atoms with van der Waals surface area (Å²) in [6.45, 7) is 0.361. The third-order valence-corrected chi connectivity index (χ3v) is 3.49. The SMILES string of the molecule is Cc1cc(C(N)COCC(F)(F)F)sc1Cl. The lowest BCUT2D eigenvalue weighted by Gasteiger charge is -2.11. The molecule has 2 N–H and O–H groups in total. The fourth-order valence-electron chi connectivity index (χ4n) is 1.05. The fourth-order valence-corrected chi connectivity index (χ4v) is 2.25. The largest absolute Gasteiger partial charge is 0.411 e. The van der Waals surface area contributed by atoms with E-state index in [-0.39, 0.29) is 6.61 Å². The lowest BCUT2D eigenvalue weighted by atomic mass is 10.2. The van der Waals surface area contributed by atoms with Gasteiger partial charge < -0.3 is 10.5 Å². The summed E-state index contributed by atoms with van der Waals surface area (Å²) in [5.41, 5.74) is 6.53. The lowest BCUT2D eigenvalue weighted by molar-refractivity contribution is -0.174. The first-order chi connectivity index (χ1) is 7.29. The first kappa shape index (κ1) is 13.8. The van der Waals surface area contributed by atoms with Crippen LogP contribution in [-0.4, -0.2) is 19.4 Å². The molecule has 0 aliphatic rings. The molecule has 0 aromatic carbocycles. The van der Waals surface area contributed by atoms with Crippen LogP contribution < -0.4 is 5.73 Å². The van der Waals surface area contributed by atoms with Crippen LogP contribution in [0.15, 0.2) is 6.07 Å². The Labute approximate surface area is 100 Å². The highest BCUT2D eigenvalue weighted by atomic mass is 35.5. The Morgan fingerprint density at radius 2 is 2.19 bits per heavy atom. The summed E-state index contributed by atoms with van der Waals surface area (Å²) < 4.78 is 40.5. The molecule has 2 nitrogen and oxygen atoms in total. The van der Waals surface area contributed by atoms with E-state index in [1.54, 1.807) is 6.07 Å². The van der Waals surface area contributed by atoms with Gasteiger partial charge in [0.05, 0.1) is 17.0 Å². The van der Waals surface area contributed by atoms with Gasteiger partial charge in [0.2, 0.25) is 0 Å². The normalized spacial score (nSPS) is 14.1. The molecule has 1 heterocycles. The maximum atomic E-state index is 11.8. The van der Waals surface area contributed by atoms with Crippen molar-refractivity contribution in [2.75, 3.05) is 13.2 Å². The van der Waals surface area contributed by atoms with E-state index >= 15 is 0 Å². The number of halogens is 4. The summed E-state index contributed by atoms with van der Waals surface area (Å²) in [7, 11) is 0. The number of aryl methyl sites for hydroxylation is 1. The van der Waals surface area contributed by atoms with Gasteiger partial charge in [-0.15, -0.1) is 11.3 Å². The molecule has 1 rings (SSSR count). The lowest BCUT2D eigenvalue weighted by Crippen LogP contribution is -2.22. The second-order valence-electron chi connectivity index (χ2n) is 3.34. The average molecular weight is 274 g/mol. The number of hydrogen-bond acceptors (Lipinski definition) is 3. The highest BCUT2D eigenvalue weighted by Crippen LogP contribution is 2.30. The van der Waals surface area contributed by atoms with E-state index in [0.29, 0.717) is 4.34 Å². The zero-order chi connectivity index (χ0) is 12.3. The van der Waals surface area contributed by atoms with Crippen LogP contribution in [0.3, 0.4) is 0 Å². The molecule has 1 unspecified atom stereocenters. The van der Waals surface area contributed by atoms with Gasteiger partial charge in [-0.25, -0.2) is 0 Å². The van der Waals surface area contributed by atoms with Gasteiger partial charge in [-0.3, -0.25) is 0 Å². The first-order valence-corrected chi connectivity index (χ1v) is 5.65. The van der Waals surface area contributed by atoms with Crippen LogP contribution in [0.25, 0.3) is 0 Å². The minimum atomic E-state index is -4.32. The molecule has 0 aliphatic carbocycles. The summed E-state index contributed by atoms with van der Waals surface area (Å²) in [4.78, 5) is 0.727. The van der Waals surface area contributed by atoms with Crippen molar-refractivity contribution < 1.29 is 17.9 Å². The molecular formula is C9H11ClF3NOS. The van der Waals surface area contributed by atoms with Crippen LogP contribution in [0.1, 0.15) is 16.5 Å². The molecule has 0 radical (unpaired) electrons. The van der Waals surface area contributed by atoms with Crippen molar-refractivity contribution in [3.8, 4) is 0 Å². The van der Waals surface area contributed by atoms with Crippen molar-refractivity contribution in [2.24, 2.45) is 5.73 Å². The molecular weight excluding hydrogens is 263 g/mol. The quantitative estimate of drug-likeness (QED) is 0.914. The zero-order valence-electron chi connectivity index (χ0n) is 8.47. The number of alkyl halides is 3. The maximum Gasteiger partial charge on any atom is 0.411 e. The van der Waals surface area contributed by atoms with Gasteiger partial charge in [0.1, 0.15) is 6.61 Å². The monoisotopic (exact) mass is 273 g/mol. The molecule has 7 heteroatoms. The van der Waals surface area contributed by atoms with Crippen molar-refractivity contribution in [1.82, 2.24) is 0 Å². The van der Waals surface area contributed by atoms with Gasteiger partial charge in [-0.2, -0.15) is 13.2 Å².